The number of rotatable bonds is 5. The van der Waals surface area contributed by atoms with E-state index in [2.05, 4.69) is 22.9 Å². The SMILES string of the molecule is CCC(NC)(NC)[C@H](N)NC.Cl. The molecule has 5 heteroatoms. The summed E-state index contributed by atoms with van der Waals surface area (Å²) in [6.45, 7) is 2.09. The molecule has 0 amide bonds. The van der Waals surface area contributed by atoms with E-state index in [0.29, 0.717) is 0 Å². The molecule has 0 rings (SSSR count). The van der Waals surface area contributed by atoms with Gasteiger partial charge in [0, 0.05) is 0 Å². The van der Waals surface area contributed by atoms with E-state index in [1.165, 1.54) is 0 Å². The Morgan fingerprint density at radius 3 is 1.75 bits per heavy atom. The minimum atomic E-state index is -0.200. The van der Waals surface area contributed by atoms with Gasteiger partial charge in [0.1, 0.15) is 0 Å². The third-order valence-electron chi connectivity index (χ3n) is 2.29. The van der Waals surface area contributed by atoms with E-state index in [0.717, 1.165) is 6.42 Å². The molecule has 0 bridgehead atoms. The lowest BCUT2D eigenvalue weighted by molar-refractivity contribution is 0.209. The van der Waals surface area contributed by atoms with Crippen LogP contribution in [-0.4, -0.2) is 33.0 Å². The van der Waals surface area contributed by atoms with E-state index in [9.17, 15) is 0 Å². The van der Waals surface area contributed by atoms with Crippen LogP contribution < -0.4 is 21.7 Å². The number of hydrogen-bond acceptors (Lipinski definition) is 4. The zero-order valence-corrected chi connectivity index (χ0v) is 9.09. The van der Waals surface area contributed by atoms with Crippen molar-refractivity contribution < 1.29 is 0 Å². The summed E-state index contributed by atoms with van der Waals surface area (Å²) in [5.41, 5.74) is 5.65. The number of nitrogens with one attached hydrogen (secondary N) is 3. The smallest absolute Gasteiger partial charge is 0.0970 e. The molecule has 0 saturated heterocycles. The topological polar surface area (TPSA) is 62.1 Å². The molecule has 5 N–H and O–H groups in total. The van der Waals surface area contributed by atoms with Crippen molar-refractivity contribution in [3.63, 3.8) is 0 Å². The summed E-state index contributed by atoms with van der Waals surface area (Å²) in [7, 11) is 5.65. The lowest BCUT2D eigenvalue weighted by Crippen LogP contribution is -2.68. The van der Waals surface area contributed by atoms with Gasteiger partial charge in [-0.2, -0.15) is 0 Å². The summed E-state index contributed by atoms with van der Waals surface area (Å²) in [6, 6.07) is 0. The highest BCUT2D eigenvalue weighted by molar-refractivity contribution is 5.85. The Kier molecular flexibility index (Phi) is 8.08. The summed E-state index contributed by atoms with van der Waals surface area (Å²) in [6.07, 6.45) is 0.852. The lowest BCUT2D eigenvalue weighted by Gasteiger charge is -2.37. The Morgan fingerprint density at radius 2 is 1.67 bits per heavy atom. The Labute approximate surface area is 81.1 Å². The van der Waals surface area contributed by atoms with Crippen molar-refractivity contribution in [3.05, 3.63) is 0 Å². The molecular weight excluding hydrogens is 176 g/mol. The first-order valence-corrected chi connectivity index (χ1v) is 3.97. The maximum absolute atomic E-state index is 5.85. The van der Waals surface area contributed by atoms with Crippen LogP contribution in [-0.2, 0) is 0 Å². The molecule has 0 aromatic rings. The zero-order valence-electron chi connectivity index (χ0n) is 8.27. The monoisotopic (exact) mass is 196 g/mol. The van der Waals surface area contributed by atoms with Crippen LogP contribution >= 0.6 is 12.4 Å². The molecule has 0 radical (unpaired) electrons. The summed E-state index contributed by atoms with van der Waals surface area (Å²) >= 11 is 0. The summed E-state index contributed by atoms with van der Waals surface area (Å²) in [5.74, 6) is 0. The molecule has 0 aliphatic carbocycles. The molecule has 76 valence electrons. The first kappa shape index (κ1) is 14.6. The molecule has 0 heterocycles. The van der Waals surface area contributed by atoms with E-state index in [4.69, 9.17) is 5.73 Å². The summed E-state index contributed by atoms with van der Waals surface area (Å²) in [5, 5.41) is 9.35. The minimum Gasteiger partial charge on any atom is -0.313 e. The molecule has 0 saturated carbocycles. The van der Waals surface area contributed by atoms with Crippen molar-refractivity contribution in [3.8, 4) is 0 Å². The third kappa shape index (κ3) is 2.88. The van der Waals surface area contributed by atoms with Crippen molar-refractivity contribution in [2.45, 2.75) is 25.2 Å². The van der Waals surface area contributed by atoms with Crippen molar-refractivity contribution in [2.75, 3.05) is 21.1 Å². The second-order valence-corrected chi connectivity index (χ2v) is 2.59. The van der Waals surface area contributed by atoms with Gasteiger partial charge >= 0.3 is 0 Å². The van der Waals surface area contributed by atoms with E-state index in [1.54, 1.807) is 0 Å². The van der Waals surface area contributed by atoms with Gasteiger partial charge in [0.25, 0.3) is 0 Å². The number of halogens is 1. The highest BCUT2D eigenvalue weighted by atomic mass is 35.5. The van der Waals surface area contributed by atoms with Gasteiger partial charge in [-0.3, -0.25) is 10.6 Å². The van der Waals surface area contributed by atoms with Crippen molar-refractivity contribution in [1.82, 2.24) is 16.0 Å². The minimum absolute atomic E-state index is 0. The van der Waals surface area contributed by atoms with Crippen LogP contribution in [0, 0.1) is 0 Å². The second kappa shape index (κ2) is 6.62. The molecule has 0 aliphatic rings. The lowest BCUT2D eigenvalue weighted by atomic mass is 10.0. The van der Waals surface area contributed by atoms with Crippen molar-refractivity contribution in [1.29, 1.82) is 0 Å². The normalized spacial score (nSPS) is 13.8. The predicted molar refractivity (Wildman–Crippen MR) is 55.4 cm³/mol. The van der Waals surface area contributed by atoms with E-state index < -0.39 is 0 Å². The predicted octanol–water partition coefficient (Wildman–Crippen LogP) is -0.542. The van der Waals surface area contributed by atoms with Gasteiger partial charge in [-0.05, 0) is 27.6 Å². The molecule has 0 aliphatic heterocycles. The maximum atomic E-state index is 5.85. The zero-order chi connectivity index (χ0) is 8.91. The van der Waals surface area contributed by atoms with E-state index >= 15 is 0 Å². The van der Waals surface area contributed by atoms with Crippen LogP contribution in [0.15, 0.2) is 0 Å². The molecule has 0 unspecified atom stereocenters. The van der Waals surface area contributed by atoms with Gasteiger partial charge in [0.05, 0.1) is 11.8 Å². The molecular formula is C7H21ClN4. The van der Waals surface area contributed by atoms with Gasteiger partial charge in [-0.1, -0.05) is 6.92 Å². The van der Waals surface area contributed by atoms with Crippen LogP contribution in [0.1, 0.15) is 13.3 Å². The fourth-order valence-electron chi connectivity index (χ4n) is 1.26. The Hall–Kier alpha value is 0.130. The van der Waals surface area contributed by atoms with Crippen LogP contribution in [0.3, 0.4) is 0 Å². The van der Waals surface area contributed by atoms with Gasteiger partial charge in [0.15, 0.2) is 0 Å². The largest absolute Gasteiger partial charge is 0.313 e. The average molecular weight is 197 g/mol. The molecule has 4 nitrogen and oxygen atoms in total. The van der Waals surface area contributed by atoms with E-state index in [1.807, 2.05) is 21.1 Å². The Morgan fingerprint density at radius 1 is 1.25 bits per heavy atom. The van der Waals surface area contributed by atoms with Crippen LogP contribution in [0.25, 0.3) is 0 Å². The van der Waals surface area contributed by atoms with Crippen LogP contribution in [0.5, 0.6) is 0 Å². The number of likely N-dealkylation sites (N-methyl/N-ethyl adjacent to an activating group) is 3. The first-order chi connectivity index (χ1) is 5.16. The van der Waals surface area contributed by atoms with Crippen molar-refractivity contribution >= 4 is 12.4 Å². The number of hydrogen-bond donors (Lipinski definition) is 4. The molecule has 0 spiro atoms. The fourth-order valence-corrected chi connectivity index (χ4v) is 1.26. The molecule has 0 fully saturated rings. The quantitative estimate of drug-likeness (QED) is 0.446. The second-order valence-electron chi connectivity index (χ2n) is 2.59. The summed E-state index contributed by atoms with van der Waals surface area (Å²) < 4.78 is 0. The molecule has 12 heavy (non-hydrogen) atoms. The van der Waals surface area contributed by atoms with Gasteiger partial charge in [-0.25, -0.2) is 0 Å². The standard InChI is InChI=1S/C7H20N4.ClH/c1-5-7(10-3,11-4)6(8)9-2;/h6,9-11H,5,8H2,1-4H3;1H/t6-;/m1./s1. The summed E-state index contributed by atoms with van der Waals surface area (Å²) in [4.78, 5) is 0. The van der Waals surface area contributed by atoms with E-state index in [-0.39, 0.29) is 24.2 Å². The van der Waals surface area contributed by atoms with Crippen LogP contribution in [0.4, 0.5) is 0 Å². The molecule has 1 atom stereocenters. The molecule has 0 aromatic carbocycles. The number of nitrogens with two attached hydrogens (primary N) is 1. The van der Waals surface area contributed by atoms with Gasteiger partial charge in [-0.15, -0.1) is 12.4 Å². The highest BCUT2D eigenvalue weighted by Crippen LogP contribution is 2.05. The van der Waals surface area contributed by atoms with Gasteiger partial charge < -0.3 is 11.1 Å². The Bertz CT molecular complexity index is 97.3. The molecule has 0 aromatic heterocycles. The average Bonchev–Trinajstić information content (AvgIpc) is 2.08. The Balaban J connectivity index is 0. The fraction of sp³-hybridized carbons (Fsp3) is 1.00. The maximum Gasteiger partial charge on any atom is 0.0970 e. The van der Waals surface area contributed by atoms with Gasteiger partial charge in [0.2, 0.25) is 0 Å². The third-order valence-corrected chi connectivity index (χ3v) is 2.29. The van der Waals surface area contributed by atoms with Crippen LogP contribution in [0.2, 0.25) is 0 Å². The first-order valence-electron chi connectivity index (χ1n) is 3.97. The van der Waals surface area contributed by atoms with Crippen molar-refractivity contribution in [2.24, 2.45) is 5.73 Å². The highest BCUT2D eigenvalue weighted by Gasteiger charge is 2.30.